The van der Waals surface area contributed by atoms with E-state index in [4.69, 9.17) is 0 Å². The lowest BCUT2D eigenvalue weighted by molar-refractivity contribution is -0.192. The van der Waals surface area contributed by atoms with E-state index in [-0.39, 0.29) is 18.7 Å². The Hall–Kier alpha value is -2.21. The Morgan fingerprint density at radius 3 is 2.42 bits per heavy atom. The van der Waals surface area contributed by atoms with E-state index in [9.17, 15) is 13.6 Å². The molecule has 1 aliphatic heterocycles. The summed E-state index contributed by atoms with van der Waals surface area (Å²) in [5.41, 5.74) is 2.09. The summed E-state index contributed by atoms with van der Waals surface area (Å²) in [7, 11) is 3.44. The minimum absolute atomic E-state index is 0.0394. The van der Waals surface area contributed by atoms with Gasteiger partial charge in [-0.05, 0) is 29.8 Å². The fourth-order valence-corrected chi connectivity index (χ4v) is 4.31. The van der Waals surface area contributed by atoms with Crippen molar-refractivity contribution >= 4 is 5.91 Å². The zero-order chi connectivity index (χ0) is 18.5. The van der Waals surface area contributed by atoms with E-state index in [1.807, 2.05) is 42.6 Å². The average molecular weight is 359 g/mol. The lowest BCUT2D eigenvalue weighted by atomic mass is 9.69. The number of hydrogen-bond donors (Lipinski definition) is 0. The van der Waals surface area contributed by atoms with Gasteiger partial charge in [-0.2, -0.15) is 0 Å². The summed E-state index contributed by atoms with van der Waals surface area (Å²) in [5, 5.41) is 0. The monoisotopic (exact) mass is 359 g/mol. The second kappa shape index (κ2) is 5.91. The highest BCUT2D eigenvalue weighted by Crippen LogP contribution is 2.56. The number of amides is 1. The molecule has 6 heteroatoms. The van der Waals surface area contributed by atoms with Gasteiger partial charge in [0.15, 0.2) is 0 Å². The topological polar surface area (TPSA) is 28.5 Å². The maximum absolute atomic E-state index is 13.8. The molecule has 1 aromatic carbocycles. The number of carbonyl (C=O) groups excluding carboxylic acids is 1. The molecule has 0 saturated heterocycles. The average Bonchev–Trinajstić information content (AvgIpc) is 3.05. The fourth-order valence-electron chi connectivity index (χ4n) is 4.31. The molecular formula is C20H23F2N3O. The van der Waals surface area contributed by atoms with Crippen LogP contribution in [0.3, 0.4) is 0 Å². The maximum Gasteiger partial charge on any atom is 0.253 e. The van der Waals surface area contributed by atoms with Gasteiger partial charge < -0.3 is 9.47 Å². The molecule has 2 aromatic rings. The first-order valence-electron chi connectivity index (χ1n) is 8.90. The van der Waals surface area contributed by atoms with E-state index in [2.05, 4.69) is 9.47 Å². The third kappa shape index (κ3) is 2.72. The molecule has 138 valence electrons. The van der Waals surface area contributed by atoms with Crippen molar-refractivity contribution in [3.8, 4) is 0 Å². The third-order valence-electron chi connectivity index (χ3n) is 5.61. The van der Waals surface area contributed by atoms with Crippen molar-refractivity contribution in [1.29, 1.82) is 0 Å². The van der Waals surface area contributed by atoms with Gasteiger partial charge in [-0.15, -0.1) is 0 Å². The van der Waals surface area contributed by atoms with Crippen LogP contribution in [-0.4, -0.2) is 46.8 Å². The SMILES string of the molecule is CN(C)C(=O)c1ccc(CN2CCn3cccc3C23CC(F)(F)C3)cc1. The molecule has 1 aliphatic carbocycles. The van der Waals surface area contributed by atoms with E-state index in [1.165, 1.54) is 0 Å². The zero-order valence-corrected chi connectivity index (χ0v) is 15.1. The summed E-state index contributed by atoms with van der Waals surface area (Å²) >= 11 is 0. The van der Waals surface area contributed by atoms with Gasteiger partial charge in [-0.25, -0.2) is 8.78 Å². The van der Waals surface area contributed by atoms with Crippen LogP contribution in [0.2, 0.25) is 0 Å². The molecule has 1 aromatic heterocycles. The number of fused-ring (bicyclic) bond motifs is 2. The van der Waals surface area contributed by atoms with Gasteiger partial charge in [0.25, 0.3) is 11.8 Å². The number of rotatable bonds is 3. The number of hydrogen-bond acceptors (Lipinski definition) is 2. The van der Waals surface area contributed by atoms with Crippen molar-refractivity contribution < 1.29 is 13.6 Å². The Labute approximate surface area is 152 Å². The molecule has 0 N–H and O–H groups in total. The van der Waals surface area contributed by atoms with Crippen LogP contribution in [-0.2, 0) is 18.6 Å². The van der Waals surface area contributed by atoms with Gasteiger partial charge in [0, 0.05) is 64.0 Å². The minimum atomic E-state index is -2.59. The van der Waals surface area contributed by atoms with Crippen LogP contribution in [0.5, 0.6) is 0 Å². The highest BCUT2D eigenvalue weighted by atomic mass is 19.3. The zero-order valence-electron chi connectivity index (χ0n) is 15.1. The van der Waals surface area contributed by atoms with E-state index in [0.717, 1.165) is 24.3 Å². The highest BCUT2D eigenvalue weighted by Gasteiger charge is 2.62. The van der Waals surface area contributed by atoms with Crippen LogP contribution in [0.15, 0.2) is 42.6 Å². The number of halogens is 2. The van der Waals surface area contributed by atoms with Gasteiger partial charge in [0.1, 0.15) is 0 Å². The number of benzene rings is 1. The number of alkyl halides is 2. The molecule has 1 saturated carbocycles. The van der Waals surface area contributed by atoms with Gasteiger partial charge in [-0.3, -0.25) is 9.69 Å². The summed E-state index contributed by atoms with van der Waals surface area (Å²) < 4.78 is 29.7. The van der Waals surface area contributed by atoms with E-state index < -0.39 is 11.5 Å². The summed E-state index contributed by atoms with van der Waals surface area (Å²) in [6, 6.07) is 11.4. The van der Waals surface area contributed by atoms with Crippen LogP contribution in [0.4, 0.5) is 8.78 Å². The Kier molecular flexibility index (Phi) is 3.91. The summed E-state index contributed by atoms with van der Waals surface area (Å²) in [6.07, 6.45) is 1.73. The van der Waals surface area contributed by atoms with Crippen molar-refractivity contribution in [2.75, 3.05) is 20.6 Å². The van der Waals surface area contributed by atoms with Gasteiger partial charge in [0.2, 0.25) is 0 Å². The molecule has 2 aliphatic rings. The molecule has 4 nitrogen and oxygen atoms in total. The van der Waals surface area contributed by atoms with E-state index in [0.29, 0.717) is 12.1 Å². The van der Waals surface area contributed by atoms with Gasteiger partial charge >= 0.3 is 0 Å². The van der Waals surface area contributed by atoms with Gasteiger partial charge in [-0.1, -0.05) is 12.1 Å². The van der Waals surface area contributed by atoms with Crippen LogP contribution in [0, 0.1) is 0 Å². The quantitative estimate of drug-likeness (QED) is 0.841. The molecule has 1 amide bonds. The van der Waals surface area contributed by atoms with Crippen LogP contribution >= 0.6 is 0 Å². The molecule has 1 fully saturated rings. The summed E-state index contributed by atoms with van der Waals surface area (Å²) in [4.78, 5) is 15.7. The Morgan fingerprint density at radius 2 is 1.81 bits per heavy atom. The highest BCUT2D eigenvalue weighted by molar-refractivity contribution is 5.93. The van der Waals surface area contributed by atoms with Crippen LogP contribution in [0.1, 0.15) is 34.5 Å². The largest absolute Gasteiger partial charge is 0.348 e. The lowest BCUT2D eigenvalue weighted by Gasteiger charge is -2.56. The first-order chi connectivity index (χ1) is 12.3. The molecular weight excluding hydrogens is 336 g/mol. The first kappa shape index (κ1) is 17.2. The molecule has 26 heavy (non-hydrogen) atoms. The van der Waals surface area contributed by atoms with Crippen molar-refractivity contribution in [2.24, 2.45) is 0 Å². The predicted molar refractivity (Wildman–Crippen MR) is 95.2 cm³/mol. The molecule has 2 heterocycles. The van der Waals surface area contributed by atoms with Crippen molar-refractivity contribution in [1.82, 2.24) is 14.4 Å². The van der Waals surface area contributed by atoms with E-state index in [1.54, 1.807) is 19.0 Å². The van der Waals surface area contributed by atoms with Crippen molar-refractivity contribution in [3.63, 3.8) is 0 Å². The smallest absolute Gasteiger partial charge is 0.253 e. The van der Waals surface area contributed by atoms with Crippen LogP contribution in [0.25, 0.3) is 0 Å². The molecule has 4 rings (SSSR count). The standard InChI is InChI=1S/C20H23F2N3O/c1-23(2)18(26)16-7-5-15(6-8-16)12-25-11-10-24-9-3-4-17(24)19(25)13-20(21,22)14-19/h3-9H,10-14H2,1-2H3. The minimum Gasteiger partial charge on any atom is -0.348 e. The molecule has 1 spiro atoms. The number of nitrogens with zero attached hydrogens (tertiary/aromatic N) is 3. The van der Waals surface area contributed by atoms with Crippen molar-refractivity contribution in [3.05, 3.63) is 59.4 Å². The van der Waals surface area contributed by atoms with E-state index >= 15 is 0 Å². The molecule has 0 bridgehead atoms. The summed E-state index contributed by atoms with van der Waals surface area (Å²) in [6.45, 7) is 2.17. The molecule has 0 unspecified atom stereocenters. The summed E-state index contributed by atoms with van der Waals surface area (Å²) in [5.74, 6) is -2.63. The Morgan fingerprint density at radius 1 is 1.12 bits per heavy atom. The van der Waals surface area contributed by atoms with Gasteiger partial charge in [0.05, 0.1) is 5.54 Å². The number of aromatic nitrogens is 1. The predicted octanol–water partition coefficient (Wildman–Crippen LogP) is 3.33. The Bertz CT molecular complexity index is 818. The fraction of sp³-hybridized carbons (Fsp3) is 0.450. The Balaban J connectivity index is 1.57. The number of carbonyl (C=O) groups is 1. The van der Waals surface area contributed by atoms with Crippen LogP contribution < -0.4 is 0 Å². The second-order valence-corrected chi connectivity index (χ2v) is 7.65. The third-order valence-corrected chi connectivity index (χ3v) is 5.61. The first-order valence-corrected chi connectivity index (χ1v) is 8.90. The molecule has 0 radical (unpaired) electrons. The maximum atomic E-state index is 13.8. The second-order valence-electron chi connectivity index (χ2n) is 7.65. The van der Waals surface area contributed by atoms with Crippen molar-refractivity contribution in [2.45, 2.75) is 37.4 Å². The molecule has 0 atom stereocenters. The normalized spacial score (nSPS) is 20.5. The lowest BCUT2D eigenvalue weighted by Crippen LogP contribution is -2.62.